The topological polar surface area (TPSA) is 58.3 Å². The normalized spacial score (nSPS) is 33.1. The number of nitrogens with one attached hydrogen (secondary N) is 1. The molecule has 1 saturated carbocycles. The quantitative estimate of drug-likeness (QED) is 0.786. The molecular formula is C17H26N2O. The van der Waals surface area contributed by atoms with Crippen LogP contribution in [-0.2, 0) is 12.0 Å². The summed E-state index contributed by atoms with van der Waals surface area (Å²) in [5.41, 5.74) is 8.93. The Kier molecular flexibility index (Phi) is 4.11. The van der Waals surface area contributed by atoms with Crippen LogP contribution < -0.4 is 11.1 Å². The standard InChI is InChI=1S/C17H26N2O/c18-12-17(19-16-9-3-6-14(16)11-20)10-4-7-13-5-1-2-8-15(13)17/h1-2,5,8,14,16,19-20H,3-4,6-7,9-12,18H2. The van der Waals surface area contributed by atoms with Gasteiger partial charge in [-0.25, -0.2) is 0 Å². The van der Waals surface area contributed by atoms with Crippen molar-refractivity contribution in [3.8, 4) is 0 Å². The van der Waals surface area contributed by atoms with E-state index in [-0.39, 0.29) is 5.54 Å². The van der Waals surface area contributed by atoms with Crippen LogP contribution in [0.5, 0.6) is 0 Å². The minimum Gasteiger partial charge on any atom is -0.396 e. The molecule has 2 aliphatic rings. The van der Waals surface area contributed by atoms with Crippen molar-refractivity contribution in [3.63, 3.8) is 0 Å². The third-order valence-corrected chi connectivity index (χ3v) is 5.29. The van der Waals surface area contributed by atoms with Crippen LogP contribution in [0.2, 0.25) is 0 Å². The number of rotatable bonds is 4. The lowest BCUT2D eigenvalue weighted by molar-refractivity contribution is 0.171. The molecule has 0 radical (unpaired) electrons. The highest BCUT2D eigenvalue weighted by Gasteiger charge is 2.39. The van der Waals surface area contributed by atoms with Gasteiger partial charge in [-0.15, -0.1) is 0 Å². The molecule has 0 saturated heterocycles. The summed E-state index contributed by atoms with van der Waals surface area (Å²) in [4.78, 5) is 0. The maximum Gasteiger partial charge on any atom is 0.0563 e. The Morgan fingerprint density at radius 2 is 2.10 bits per heavy atom. The molecule has 1 aromatic rings. The minimum atomic E-state index is -0.0860. The number of fused-ring (bicyclic) bond motifs is 1. The van der Waals surface area contributed by atoms with Gasteiger partial charge >= 0.3 is 0 Å². The highest BCUT2D eigenvalue weighted by atomic mass is 16.3. The number of aliphatic hydroxyl groups excluding tert-OH is 1. The van der Waals surface area contributed by atoms with E-state index >= 15 is 0 Å². The number of hydrogen-bond donors (Lipinski definition) is 3. The van der Waals surface area contributed by atoms with Crippen molar-refractivity contribution in [3.05, 3.63) is 35.4 Å². The minimum absolute atomic E-state index is 0.0860. The number of aliphatic hydroxyl groups is 1. The zero-order chi connectivity index (χ0) is 14.0. The van der Waals surface area contributed by atoms with Crippen LogP contribution in [0.3, 0.4) is 0 Å². The fraction of sp³-hybridized carbons (Fsp3) is 0.647. The molecule has 0 heterocycles. The van der Waals surface area contributed by atoms with E-state index in [1.807, 2.05) is 0 Å². The summed E-state index contributed by atoms with van der Waals surface area (Å²) in [7, 11) is 0. The third kappa shape index (κ3) is 2.39. The monoisotopic (exact) mass is 274 g/mol. The number of aryl methyl sites for hydroxylation is 1. The predicted octanol–water partition coefficient (Wildman–Crippen LogP) is 1.93. The first-order chi connectivity index (χ1) is 9.79. The number of benzene rings is 1. The smallest absolute Gasteiger partial charge is 0.0563 e. The Labute approximate surface area is 121 Å². The average molecular weight is 274 g/mol. The second kappa shape index (κ2) is 5.84. The van der Waals surface area contributed by atoms with Gasteiger partial charge in [0.05, 0.1) is 5.54 Å². The molecule has 1 aromatic carbocycles. The van der Waals surface area contributed by atoms with Gasteiger partial charge in [0.25, 0.3) is 0 Å². The summed E-state index contributed by atoms with van der Waals surface area (Å²) in [6.45, 7) is 0.929. The van der Waals surface area contributed by atoms with Crippen LogP contribution in [0.15, 0.2) is 24.3 Å². The Hall–Kier alpha value is -0.900. The van der Waals surface area contributed by atoms with Crippen molar-refractivity contribution in [2.75, 3.05) is 13.2 Å². The fourth-order valence-corrected chi connectivity index (χ4v) is 4.14. The van der Waals surface area contributed by atoms with Crippen LogP contribution in [-0.4, -0.2) is 24.3 Å². The molecule has 3 nitrogen and oxygen atoms in total. The van der Waals surface area contributed by atoms with Crippen LogP contribution in [0, 0.1) is 5.92 Å². The van der Waals surface area contributed by atoms with Crippen molar-refractivity contribution in [1.29, 1.82) is 0 Å². The molecule has 1 fully saturated rings. The number of nitrogens with two attached hydrogens (primary N) is 1. The van der Waals surface area contributed by atoms with Gasteiger partial charge in [-0.2, -0.15) is 0 Å². The molecular weight excluding hydrogens is 248 g/mol. The Bertz CT molecular complexity index is 462. The van der Waals surface area contributed by atoms with E-state index in [1.54, 1.807) is 0 Å². The lowest BCUT2D eigenvalue weighted by Crippen LogP contribution is -2.55. The SMILES string of the molecule is NCC1(NC2CCCC2CO)CCCc2ccccc21. The highest BCUT2D eigenvalue weighted by molar-refractivity contribution is 5.37. The van der Waals surface area contributed by atoms with Gasteiger partial charge < -0.3 is 16.2 Å². The summed E-state index contributed by atoms with van der Waals surface area (Å²) in [5, 5.41) is 13.4. The zero-order valence-electron chi connectivity index (χ0n) is 12.1. The molecule has 3 atom stereocenters. The molecule has 20 heavy (non-hydrogen) atoms. The van der Waals surface area contributed by atoms with Gasteiger partial charge in [0.1, 0.15) is 0 Å². The largest absolute Gasteiger partial charge is 0.396 e. The summed E-state index contributed by atoms with van der Waals surface area (Å²) < 4.78 is 0. The first-order valence-electron chi connectivity index (χ1n) is 7.96. The van der Waals surface area contributed by atoms with Crippen LogP contribution in [0.25, 0.3) is 0 Å². The summed E-state index contributed by atoms with van der Waals surface area (Å²) in [6, 6.07) is 9.12. The van der Waals surface area contributed by atoms with Gasteiger partial charge in [0, 0.05) is 19.2 Å². The maximum absolute atomic E-state index is 9.55. The van der Waals surface area contributed by atoms with Crippen LogP contribution in [0.4, 0.5) is 0 Å². The van der Waals surface area contributed by atoms with Crippen molar-refractivity contribution < 1.29 is 5.11 Å². The van der Waals surface area contributed by atoms with Crippen molar-refractivity contribution in [1.82, 2.24) is 5.32 Å². The van der Waals surface area contributed by atoms with E-state index in [9.17, 15) is 5.11 Å². The van der Waals surface area contributed by atoms with Gasteiger partial charge in [0.15, 0.2) is 0 Å². The van der Waals surface area contributed by atoms with E-state index < -0.39 is 0 Å². The molecule has 4 N–H and O–H groups in total. The Balaban J connectivity index is 1.89. The van der Waals surface area contributed by atoms with Crippen molar-refractivity contribution >= 4 is 0 Å². The molecule has 0 aromatic heterocycles. The molecule has 0 bridgehead atoms. The Morgan fingerprint density at radius 1 is 1.25 bits per heavy atom. The van der Waals surface area contributed by atoms with Gasteiger partial charge in [-0.3, -0.25) is 0 Å². The molecule has 110 valence electrons. The van der Waals surface area contributed by atoms with Gasteiger partial charge in [0.2, 0.25) is 0 Å². The van der Waals surface area contributed by atoms with Crippen molar-refractivity contribution in [2.24, 2.45) is 11.7 Å². The van der Waals surface area contributed by atoms with E-state index in [0.717, 1.165) is 25.7 Å². The molecule has 0 aliphatic heterocycles. The maximum atomic E-state index is 9.55. The molecule has 2 aliphatic carbocycles. The third-order valence-electron chi connectivity index (χ3n) is 5.29. The molecule has 3 unspecified atom stereocenters. The molecule has 0 amide bonds. The first-order valence-corrected chi connectivity index (χ1v) is 7.96. The van der Waals surface area contributed by atoms with E-state index in [1.165, 1.54) is 24.0 Å². The van der Waals surface area contributed by atoms with E-state index in [0.29, 0.717) is 25.1 Å². The zero-order valence-corrected chi connectivity index (χ0v) is 12.1. The molecule has 3 rings (SSSR count). The molecule has 0 spiro atoms. The van der Waals surface area contributed by atoms with E-state index in [4.69, 9.17) is 5.73 Å². The first kappa shape index (κ1) is 14.1. The van der Waals surface area contributed by atoms with Gasteiger partial charge in [-0.1, -0.05) is 30.7 Å². The fourth-order valence-electron chi connectivity index (χ4n) is 4.14. The average Bonchev–Trinajstić information content (AvgIpc) is 2.94. The summed E-state index contributed by atoms with van der Waals surface area (Å²) in [6.07, 6.45) is 6.97. The van der Waals surface area contributed by atoms with Gasteiger partial charge in [-0.05, 0) is 49.1 Å². The lowest BCUT2D eigenvalue weighted by atomic mass is 9.75. The molecule has 3 heteroatoms. The second-order valence-electron chi connectivity index (χ2n) is 6.42. The highest BCUT2D eigenvalue weighted by Crippen LogP contribution is 2.37. The van der Waals surface area contributed by atoms with E-state index in [2.05, 4.69) is 29.6 Å². The van der Waals surface area contributed by atoms with Crippen LogP contribution >= 0.6 is 0 Å². The predicted molar refractivity (Wildman–Crippen MR) is 81.5 cm³/mol. The van der Waals surface area contributed by atoms with Crippen LogP contribution in [0.1, 0.15) is 43.2 Å². The second-order valence-corrected chi connectivity index (χ2v) is 6.42. The number of hydrogen-bond acceptors (Lipinski definition) is 3. The lowest BCUT2D eigenvalue weighted by Gasteiger charge is -2.42. The van der Waals surface area contributed by atoms with Crippen molar-refractivity contribution in [2.45, 2.75) is 50.1 Å². The summed E-state index contributed by atoms with van der Waals surface area (Å²) in [5.74, 6) is 0.396. The Morgan fingerprint density at radius 3 is 2.90 bits per heavy atom. The summed E-state index contributed by atoms with van der Waals surface area (Å²) >= 11 is 0.